The lowest BCUT2D eigenvalue weighted by Crippen LogP contribution is -2.34. The van der Waals surface area contributed by atoms with Gasteiger partial charge in [-0.2, -0.15) is 4.98 Å². The second kappa shape index (κ2) is 6.87. The van der Waals surface area contributed by atoms with Gasteiger partial charge in [0.05, 0.1) is 0 Å². The number of urea groups is 1. The summed E-state index contributed by atoms with van der Waals surface area (Å²) in [5, 5.41) is 16.2. The molecule has 2 aromatic carbocycles. The Hall–Kier alpha value is -3.35. The highest BCUT2D eigenvalue weighted by atomic mass is 16.5. The Labute approximate surface area is 150 Å². The van der Waals surface area contributed by atoms with E-state index in [-0.39, 0.29) is 17.8 Å². The lowest BCUT2D eigenvalue weighted by atomic mass is 10.2. The molecule has 7 heteroatoms. The lowest BCUT2D eigenvalue weighted by molar-refractivity contribution is 0.193. The van der Waals surface area contributed by atoms with Crippen molar-refractivity contribution in [2.45, 2.75) is 18.9 Å². The van der Waals surface area contributed by atoms with Crippen molar-refractivity contribution in [2.75, 3.05) is 11.9 Å². The van der Waals surface area contributed by atoms with Gasteiger partial charge in [-0.15, -0.1) is 0 Å². The molecule has 26 heavy (non-hydrogen) atoms. The van der Waals surface area contributed by atoms with Crippen molar-refractivity contribution in [2.24, 2.45) is 0 Å². The first-order valence-electron chi connectivity index (χ1n) is 8.46. The number of nitrogens with one attached hydrogen (secondary N) is 1. The van der Waals surface area contributed by atoms with Crippen LogP contribution < -0.4 is 5.32 Å². The largest absolute Gasteiger partial charge is 0.508 e. The number of nitrogens with zero attached hydrogens (tertiary/aromatic N) is 3. The summed E-state index contributed by atoms with van der Waals surface area (Å²) in [5.74, 6) is 1.12. The molecule has 0 unspecified atom stereocenters. The maximum absolute atomic E-state index is 12.6. The molecule has 0 spiro atoms. The SMILES string of the molecule is O=C(Nc1ccc(O)cc1)N1CCC[C@H]1c1nc(-c2ccccc2)no1. The molecule has 3 aromatic rings. The van der Waals surface area contributed by atoms with Gasteiger partial charge in [0.2, 0.25) is 11.7 Å². The Morgan fingerprint density at radius 2 is 1.92 bits per heavy atom. The highest BCUT2D eigenvalue weighted by Gasteiger charge is 2.34. The number of carbonyl (C=O) groups excluding carboxylic acids is 1. The van der Waals surface area contributed by atoms with Gasteiger partial charge >= 0.3 is 6.03 Å². The summed E-state index contributed by atoms with van der Waals surface area (Å²) >= 11 is 0. The molecule has 2 amide bonds. The maximum atomic E-state index is 12.6. The fourth-order valence-electron chi connectivity index (χ4n) is 3.08. The molecule has 1 aliphatic rings. The van der Waals surface area contributed by atoms with Gasteiger partial charge in [0, 0.05) is 17.8 Å². The first-order chi connectivity index (χ1) is 12.7. The molecule has 1 aliphatic heterocycles. The van der Waals surface area contributed by atoms with E-state index in [0.717, 1.165) is 18.4 Å². The number of hydrogen-bond acceptors (Lipinski definition) is 5. The second-order valence-electron chi connectivity index (χ2n) is 6.15. The Morgan fingerprint density at radius 3 is 2.69 bits per heavy atom. The van der Waals surface area contributed by atoms with Crippen LogP contribution in [0.5, 0.6) is 5.75 Å². The molecule has 4 rings (SSSR count). The molecule has 0 saturated carbocycles. The van der Waals surface area contributed by atoms with Gasteiger partial charge in [0.25, 0.3) is 0 Å². The molecule has 1 aromatic heterocycles. The molecule has 1 atom stereocenters. The molecule has 2 heterocycles. The zero-order chi connectivity index (χ0) is 17.9. The van der Waals surface area contributed by atoms with Crippen LogP contribution in [0.15, 0.2) is 59.1 Å². The molecular formula is C19H18N4O3. The van der Waals surface area contributed by atoms with Gasteiger partial charge in [-0.25, -0.2) is 4.79 Å². The van der Waals surface area contributed by atoms with E-state index in [9.17, 15) is 9.90 Å². The highest BCUT2D eigenvalue weighted by Crippen LogP contribution is 2.32. The van der Waals surface area contributed by atoms with Crippen molar-refractivity contribution in [3.63, 3.8) is 0 Å². The normalized spacial score (nSPS) is 16.6. The third-order valence-corrected chi connectivity index (χ3v) is 4.39. The average Bonchev–Trinajstić information content (AvgIpc) is 3.33. The first kappa shape index (κ1) is 16.1. The van der Waals surface area contributed by atoms with Crippen molar-refractivity contribution in [3.8, 4) is 17.1 Å². The molecule has 1 fully saturated rings. The standard InChI is InChI=1S/C19H18N4O3/c24-15-10-8-14(9-11-15)20-19(25)23-12-4-7-16(23)18-21-17(22-26-18)13-5-2-1-3-6-13/h1-3,5-6,8-11,16,24H,4,7,12H2,(H,20,25)/t16-/m0/s1. The number of aromatic nitrogens is 2. The monoisotopic (exact) mass is 350 g/mol. The Balaban J connectivity index is 1.50. The number of rotatable bonds is 3. The number of phenols is 1. The van der Waals surface area contributed by atoms with Gasteiger partial charge < -0.3 is 19.8 Å². The Bertz CT molecular complexity index is 893. The van der Waals surface area contributed by atoms with Gasteiger partial charge in [-0.05, 0) is 37.1 Å². The zero-order valence-corrected chi connectivity index (χ0v) is 14.0. The predicted molar refractivity (Wildman–Crippen MR) is 95.5 cm³/mol. The van der Waals surface area contributed by atoms with E-state index in [1.165, 1.54) is 12.1 Å². The number of aromatic hydroxyl groups is 1. The highest BCUT2D eigenvalue weighted by molar-refractivity contribution is 5.89. The summed E-state index contributed by atoms with van der Waals surface area (Å²) in [7, 11) is 0. The molecule has 2 N–H and O–H groups in total. The van der Waals surface area contributed by atoms with Crippen LogP contribution in [0.4, 0.5) is 10.5 Å². The van der Waals surface area contributed by atoms with E-state index in [0.29, 0.717) is 23.9 Å². The van der Waals surface area contributed by atoms with Crippen LogP contribution in [0, 0.1) is 0 Å². The van der Waals surface area contributed by atoms with E-state index in [2.05, 4.69) is 15.5 Å². The van der Waals surface area contributed by atoms with Crippen molar-refractivity contribution in [1.82, 2.24) is 15.0 Å². The molecule has 0 bridgehead atoms. The number of anilines is 1. The smallest absolute Gasteiger partial charge is 0.322 e. The zero-order valence-electron chi connectivity index (χ0n) is 14.0. The summed E-state index contributed by atoms with van der Waals surface area (Å²) in [6.45, 7) is 0.623. The molecule has 0 aliphatic carbocycles. The number of benzene rings is 2. The number of phenolic OH excluding ortho intramolecular Hbond substituents is 1. The van der Waals surface area contributed by atoms with Crippen molar-refractivity contribution >= 4 is 11.7 Å². The van der Waals surface area contributed by atoms with Crippen LogP contribution in [0.2, 0.25) is 0 Å². The van der Waals surface area contributed by atoms with Gasteiger partial charge in [0.1, 0.15) is 11.8 Å². The van der Waals surface area contributed by atoms with E-state index in [1.54, 1.807) is 17.0 Å². The number of hydrogen-bond donors (Lipinski definition) is 2. The Morgan fingerprint density at radius 1 is 1.15 bits per heavy atom. The van der Waals surface area contributed by atoms with Crippen molar-refractivity contribution in [3.05, 3.63) is 60.5 Å². The summed E-state index contributed by atoms with van der Waals surface area (Å²) in [6, 6.07) is 15.5. The molecular weight excluding hydrogens is 332 g/mol. The fourth-order valence-corrected chi connectivity index (χ4v) is 3.08. The minimum absolute atomic E-state index is 0.154. The molecule has 132 valence electrons. The van der Waals surface area contributed by atoms with E-state index in [1.807, 2.05) is 30.3 Å². The predicted octanol–water partition coefficient (Wildman–Crippen LogP) is 3.81. The van der Waals surface area contributed by atoms with Crippen LogP contribution in [-0.2, 0) is 0 Å². The number of carbonyl (C=O) groups is 1. The third-order valence-electron chi connectivity index (χ3n) is 4.39. The van der Waals surface area contributed by atoms with E-state index < -0.39 is 0 Å². The lowest BCUT2D eigenvalue weighted by Gasteiger charge is -2.22. The molecule has 7 nitrogen and oxygen atoms in total. The summed E-state index contributed by atoms with van der Waals surface area (Å²) in [6.07, 6.45) is 1.65. The first-order valence-corrected chi connectivity index (χ1v) is 8.46. The van der Waals surface area contributed by atoms with Crippen LogP contribution in [-0.4, -0.2) is 32.7 Å². The Kier molecular flexibility index (Phi) is 4.27. The fraction of sp³-hybridized carbons (Fsp3) is 0.211. The van der Waals surface area contributed by atoms with E-state index >= 15 is 0 Å². The van der Waals surface area contributed by atoms with E-state index in [4.69, 9.17) is 4.52 Å². The summed E-state index contributed by atoms with van der Waals surface area (Å²) in [4.78, 5) is 18.8. The minimum Gasteiger partial charge on any atom is -0.508 e. The number of amides is 2. The third kappa shape index (κ3) is 3.23. The van der Waals surface area contributed by atoms with Crippen LogP contribution >= 0.6 is 0 Å². The average molecular weight is 350 g/mol. The maximum Gasteiger partial charge on any atom is 0.322 e. The van der Waals surface area contributed by atoms with Crippen LogP contribution in [0.1, 0.15) is 24.8 Å². The van der Waals surface area contributed by atoms with Crippen molar-refractivity contribution in [1.29, 1.82) is 0 Å². The van der Waals surface area contributed by atoms with Gasteiger partial charge in [-0.1, -0.05) is 35.5 Å². The topological polar surface area (TPSA) is 91.5 Å². The van der Waals surface area contributed by atoms with Crippen LogP contribution in [0.3, 0.4) is 0 Å². The molecule has 1 saturated heterocycles. The number of likely N-dealkylation sites (tertiary alicyclic amines) is 1. The quantitative estimate of drug-likeness (QED) is 0.701. The molecule has 0 radical (unpaired) electrons. The second-order valence-corrected chi connectivity index (χ2v) is 6.15. The summed E-state index contributed by atoms with van der Waals surface area (Å²) < 4.78 is 5.43. The van der Waals surface area contributed by atoms with Gasteiger partial charge in [-0.3, -0.25) is 0 Å². The van der Waals surface area contributed by atoms with Crippen molar-refractivity contribution < 1.29 is 14.4 Å². The van der Waals surface area contributed by atoms with Gasteiger partial charge in [0.15, 0.2) is 0 Å². The summed E-state index contributed by atoms with van der Waals surface area (Å²) in [5.41, 5.74) is 1.49. The van der Waals surface area contributed by atoms with Crippen LogP contribution in [0.25, 0.3) is 11.4 Å². The minimum atomic E-state index is -0.239.